The summed E-state index contributed by atoms with van der Waals surface area (Å²) < 4.78 is 9.81. The standard InChI is InChI=1S/C25H36N4O8/c1-16(2)21(24(34)37-15-17-8-5-4-6-9-17)23(33)29-19(10-7-13-27-25(26)35)22(32)28-14-18(30)11-12-20(31)36-3/h4-6,8-9,16,19,21H,7,10-15H2,1-3H3,(H,28,32)(H,29,33)(H3,26,27,35)/t19-,21-/m0/s1. The van der Waals surface area contributed by atoms with Gasteiger partial charge in [0.2, 0.25) is 11.8 Å². The van der Waals surface area contributed by atoms with Crippen LogP contribution in [-0.4, -0.2) is 61.8 Å². The summed E-state index contributed by atoms with van der Waals surface area (Å²) in [5, 5.41) is 7.40. The number of nitrogens with two attached hydrogens (primary N) is 1. The van der Waals surface area contributed by atoms with Gasteiger partial charge in [0.05, 0.1) is 20.1 Å². The largest absolute Gasteiger partial charge is 0.469 e. The molecule has 5 N–H and O–H groups in total. The lowest BCUT2D eigenvalue weighted by Gasteiger charge is -2.23. The van der Waals surface area contributed by atoms with Crippen molar-refractivity contribution in [3.63, 3.8) is 0 Å². The fourth-order valence-corrected chi connectivity index (χ4v) is 3.29. The molecule has 0 saturated heterocycles. The van der Waals surface area contributed by atoms with Gasteiger partial charge in [0, 0.05) is 13.0 Å². The van der Waals surface area contributed by atoms with Crippen LogP contribution in [-0.2, 0) is 40.1 Å². The zero-order valence-electron chi connectivity index (χ0n) is 21.4. The van der Waals surface area contributed by atoms with Gasteiger partial charge in [-0.1, -0.05) is 44.2 Å². The smallest absolute Gasteiger partial charge is 0.319 e. The number of urea groups is 1. The number of hydrogen-bond donors (Lipinski definition) is 4. The third kappa shape index (κ3) is 12.5. The number of hydrogen-bond acceptors (Lipinski definition) is 8. The van der Waals surface area contributed by atoms with E-state index >= 15 is 0 Å². The molecule has 0 unspecified atom stereocenters. The molecule has 37 heavy (non-hydrogen) atoms. The second kappa shape index (κ2) is 16.7. The lowest BCUT2D eigenvalue weighted by atomic mass is 9.94. The number of esters is 2. The van der Waals surface area contributed by atoms with Crippen molar-refractivity contribution in [1.29, 1.82) is 0 Å². The summed E-state index contributed by atoms with van der Waals surface area (Å²) in [5.41, 5.74) is 5.81. The maximum absolute atomic E-state index is 13.0. The number of amides is 4. The van der Waals surface area contributed by atoms with Crippen LogP contribution in [0, 0.1) is 11.8 Å². The summed E-state index contributed by atoms with van der Waals surface area (Å²) >= 11 is 0. The summed E-state index contributed by atoms with van der Waals surface area (Å²) in [6.07, 6.45) is 0.140. The fraction of sp³-hybridized carbons (Fsp3) is 0.520. The topological polar surface area (TPSA) is 183 Å². The monoisotopic (exact) mass is 520 g/mol. The number of methoxy groups -OCH3 is 1. The Bertz CT molecular complexity index is 936. The summed E-state index contributed by atoms with van der Waals surface area (Å²) in [7, 11) is 1.21. The van der Waals surface area contributed by atoms with Crippen molar-refractivity contribution in [2.24, 2.45) is 17.6 Å². The van der Waals surface area contributed by atoms with Crippen LogP contribution in [0.1, 0.15) is 45.1 Å². The first-order chi connectivity index (χ1) is 17.5. The number of primary amides is 1. The van der Waals surface area contributed by atoms with Gasteiger partial charge in [-0.15, -0.1) is 0 Å². The molecule has 4 amide bonds. The van der Waals surface area contributed by atoms with E-state index in [9.17, 15) is 28.8 Å². The van der Waals surface area contributed by atoms with Crippen LogP contribution < -0.4 is 21.7 Å². The first kappa shape index (κ1) is 31.1. The van der Waals surface area contributed by atoms with Crippen molar-refractivity contribution in [2.45, 2.75) is 52.2 Å². The summed E-state index contributed by atoms with van der Waals surface area (Å²) in [6, 6.07) is 7.15. The van der Waals surface area contributed by atoms with Crippen LogP contribution in [0.2, 0.25) is 0 Å². The van der Waals surface area contributed by atoms with E-state index in [0.29, 0.717) is 0 Å². The van der Waals surface area contributed by atoms with Gasteiger partial charge in [-0.3, -0.25) is 24.0 Å². The maximum Gasteiger partial charge on any atom is 0.319 e. The predicted octanol–water partition coefficient (Wildman–Crippen LogP) is 0.574. The van der Waals surface area contributed by atoms with E-state index in [0.717, 1.165) is 5.56 Å². The van der Waals surface area contributed by atoms with E-state index in [-0.39, 0.29) is 45.4 Å². The highest BCUT2D eigenvalue weighted by Crippen LogP contribution is 2.16. The number of carbonyl (C=O) groups is 6. The molecule has 0 aliphatic rings. The molecule has 1 rings (SSSR count). The number of Topliss-reactive ketones (excluding diaryl/α,β-unsaturated/α-hetero) is 1. The van der Waals surface area contributed by atoms with E-state index in [2.05, 4.69) is 20.7 Å². The lowest BCUT2D eigenvalue weighted by molar-refractivity contribution is -0.156. The molecular formula is C25H36N4O8. The van der Waals surface area contributed by atoms with Crippen molar-refractivity contribution >= 4 is 35.6 Å². The van der Waals surface area contributed by atoms with Crippen molar-refractivity contribution < 1.29 is 38.2 Å². The predicted molar refractivity (Wildman–Crippen MR) is 133 cm³/mol. The Labute approximate surface area is 216 Å². The molecule has 12 heteroatoms. The first-order valence-corrected chi connectivity index (χ1v) is 12.0. The molecule has 0 saturated carbocycles. The SMILES string of the molecule is COC(=O)CCC(=O)CNC(=O)[C@H](CCCNC(N)=O)NC(=O)[C@@H](C(=O)OCc1ccccc1)C(C)C. The van der Waals surface area contributed by atoms with E-state index in [1.807, 2.05) is 6.07 Å². The van der Waals surface area contributed by atoms with E-state index in [4.69, 9.17) is 10.5 Å². The van der Waals surface area contributed by atoms with Gasteiger partial charge in [-0.25, -0.2) is 4.79 Å². The van der Waals surface area contributed by atoms with Crippen LogP contribution in [0.3, 0.4) is 0 Å². The molecule has 1 aromatic carbocycles. The van der Waals surface area contributed by atoms with Crippen LogP contribution in [0.25, 0.3) is 0 Å². The van der Waals surface area contributed by atoms with Crippen LogP contribution >= 0.6 is 0 Å². The average molecular weight is 521 g/mol. The van der Waals surface area contributed by atoms with Gasteiger partial charge in [0.1, 0.15) is 18.6 Å². The number of benzene rings is 1. The van der Waals surface area contributed by atoms with Gasteiger partial charge in [0.25, 0.3) is 0 Å². The number of carbonyl (C=O) groups excluding carboxylic acids is 6. The Hall–Kier alpha value is -3.96. The normalized spacial score (nSPS) is 12.1. The minimum Gasteiger partial charge on any atom is -0.469 e. The molecule has 12 nitrogen and oxygen atoms in total. The number of ketones is 1. The Kier molecular flexibility index (Phi) is 14.0. The highest BCUT2D eigenvalue weighted by atomic mass is 16.5. The number of rotatable bonds is 16. The van der Waals surface area contributed by atoms with E-state index in [1.54, 1.807) is 38.1 Å². The highest BCUT2D eigenvalue weighted by Gasteiger charge is 2.34. The maximum atomic E-state index is 13.0. The lowest BCUT2D eigenvalue weighted by Crippen LogP contribution is -2.51. The highest BCUT2D eigenvalue weighted by molar-refractivity contribution is 6.00. The first-order valence-electron chi connectivity index (χ1n) is 12.0. The van der Waals surface area contributed by atoms with Gasteiger partial charge in [-0.05, 0) is 24.3 Å². The zero-order valence-corrected chi connectivity index (χ0v) is 21.4. The van der Waals surface area contributed by atoms with E-state index in [1.165, 1.54) is 7.11 Å². The number of nitrogens with one attached hydrogen (secondary N) is 3. The minimum absolute atomic E-state index is 0.00738. The van der Waals surface area contributed by atoms with Gasteiger partial charge >= 0.3 is 18.0 Å². The molecule has 0 fully saturated rings. The third-order valence-electron chi connectivity index (χ3n) is 5.32. The molecule has 0 aliphatic carbocycles. The van der Waals surface area contributed by atoms with Gasteiger partial charge < -0.3 is 31.2 Å². The van der Waals surface area contributed by atoms with Crippen molar-refractivity contribution in [3.8, 4) is 0 Å². The molecule has 204 valence electrons. The molecule has 0 bridgehead atoms. The Morgan fingerprint density at radius 3 is 2.22 bits per heavy atom. The quantitative estimate of drug-likeness (QED) is 0.139. The van der Waals surface area contributed by atoms with Crippen molar-refractivity contribution in [2.75, 3.05) is 20.2 Å². The summed E-state index contributed by atoms with van der Waals surface area (Å²) in [6.45, 7) is 3.15. The minimum atomic E-state index is -1.18. The summed E-state index contributed by atoms with van der Waals surface area (Å²) in [5.74, 6) is -4.64. The van der Waals surface area contributed by atoms with E-state index < -0.39 is 53.4 Å². The third-order valence-corrected chi connectivity index (χ3v) is 5.32. The Morgan fingerprint density at radius 2 is 1.62 bits per heavy atom. The second-order valence-electron chi connectivity index (χ2n) is 8.64. The fourth-order valence-electron chi connectivity index (χ4n) is 3.29. The molecule has 0 aromatic heterocycles. The molecule has 0 heterocycles. The molecule has 0 aliphatic heterocycles. The molecule has 1 aromatic rings. The Morgan fingerprint density at radius 1 is 0.946 bits per heavy atom. The van der Waals surface area contributed by atoms with Crippen molar-refractivity contribution in [1.82, 2.24) is 16.0 Å². The molecule has 0 radical (unpaired) electrons. The average Bonchev–Trinajstić information content (AvgIpc) is 2.86. The van der Waals surface area contributed by atoms with Crippen LogP contribution in [0.5, 0.6) is 0 Å². The molecular weight excluding hydrogens is 484 g/mol. The van der Waals surface area contributed by atoms with Crippen molar-refractivity contribution in [3.05, 3.63) is 35.9 Å². The molecule has 2 atom stereocenters. The van der Waals surface area contributed by atoms with Crippen LogP contribution in [0.15, 0.2) is 30.3 Å². The van der Waals surface area contributed by atoms with Gasteiger partial charge in [-0.2, -0.15) is 0 Å². The second-order valence-corrected chi connectivity index (χ2v) is 8.64. The Balaban J connectivity index is 2.81. The van der Waals surface area contributed by atoms with Crippen LogP contribution in [0.4, 0.5) is 4.79 Å². The number of ether oxygens (including phenoxy) is 2. The summed E-state index contributed by atoms with van der Waals surface area (Å²) in [4.78, 5) is 72.6. The molecule has 0 spiro atoms. The van der Waals surface area contributed by atoms with Gasteiger partial charge in [0.15, 0.2) is 5.78 Å². The zero-order chi connectivity index (χ0) is 27.8.